The molecule has 0 unspecified atom stereocenters. The van der Waals surface area contributed by atoms with Gasteiger partial charge in [0.1, 0.15) is 0 Å². The second-order valence-corrected chi connectivity index (χ2v) is 2.63. The van der Waals surface area contributed by atoms with Crippen molar-refractivity contribution < 1.29 is 0 Å². The lowest BCUT2D eigenvalue weighted by Gasteiger charge is -2.16. The number of hydrazine groups is 2. The molecule has 2 rings (SSSR count). The number of rotatable bonds is 0. The molecule has 11 heavy (non-hydrogen) atoms. The van der Waals surface area contributed by atoms with Gasteiger partial charge in [0, 0.05) is 0 Å². The molecule has 0 saturated heterocycles. The summed E-state index contributed by atoms with van der Waals surface area (Å²) >= 11 is 0. The van der Waals surface area contributed by atoms with Gasteiger partial charge < -0.3 is 5.43 Å². The SMILES string of the molecule is CC1=NN2NNC(C)=C2C=C1. The van der Waals surface area contributed by atoms with E-state index >= 15 is 0 Å². The van der Waals surface area contributed by atoms with Gasteiger partial charge in [0.05, 0.1) is 17.1 Å². The van der Waals surface area contributed by atoms with E-state index in [9.17, 15) is 0 Å². The van der Waals surface area contributed by atoms with Crippen LogP contribution in [0.1, 0.15) is 13.8 Å². The first-order valence-electron chi connectivity index (χ1n) is 3.53. The number of allylic oxidation sites excluding steroid dienone is 3. The van der Waals surface area contributed by atoms with Crippen LogP contribution in [0, 0.1) is 0 Å². The maximum Gasteiger partial charge on any atom is 0.0999 e. The minimum atomic E-state index is 0.998. The fourth-order valence-corrected chi connectivity index (χ4v) is 1.08. The van der Waals surface area contributed by atoms with Crippen LogP contribution >= 0.6 is 0 Å². The summed E-state index contributed by atoms with van der Waals surface area (Å²) in [6.45, 7) is 3.96. The number of hydrogen-bond acceptors (Lipinski definition) is 4. The normalized spacial score (nSPS) is 21.6. The number of fused-ring (bicyclic) bond motifs is 1. The van der Waals surface area contributed by atoms with Crippen molar-refractivity contribution in [3.63, 3.8) is 0 Å². The monoisotopic (exact) mass is 150 g/mol. The van der Waals surface area contributed by atoms with Crippen LogP contribution in [0.4, 0.5) is 0 Å². The highest BCUT2D eigenvalue weighted by Gasteiger charge is 2.18. The molecule has 0 aromatic rings. The minimum absolute atomic E-state index is 0.998. The van der Waals surface area contributed by atoms with Crippen molar-refractivity contribution >= 4 is 5.71 Å². The van der Waals surface area contributed by atoms with Crippen LogP contribution in [0.15, 0.2) is 28.6 Å². The zero-order valence-electron chi connectivity index (χ0n) is 6.55. The second kappa shape index (κ2) is 2.10. The van der Waals surface area contributed by atoms with Gasteiger partial charge in [-0.15, -0.1) is 5.53 Å². The number of hydrazone groups is 1. The highest BCUT2D eigenvalue weighted by Crippen LogP contribution is 2.16. The van der Waals surface area contributed by atoms with E-state index in [1.165, 1.54) is 0 Å². The van der Waals surface area contributed by atoms with Crippen LogP contribution in [0.3, 0.4) is 0 Å². The fraction of sp³-hybridized carbons (Fsp3) is 0.286. The Hall–Kier alpha value is -1.29. The van der Waals surface area contributed by atoms with Crippen molar-refractivity contribution in [3.05, 3.63) is 23.5 Å². The van der Waals surface area contributed by atoms with Crippen LogP contribution in [0.2, 0.25) is 0 Å². The standard InChI is InChI=1S/C7H10N4/c1-5-3-4-7-6(2)8-10-11(7)9-5/h3-4,8,10H,1-2H3. The molecule has 4 nitrogen and oxygen atoms in total. The van der Waals surface area contributed by atoms with Crippen molar-refractivity contribution in [1.29, 1.82) is 0 Å². The minimum Gasteiger partial charge on any atom is -0.304 e. The Bertz CT molecular complexity index is 274. The average Bonchev–Trinajstić information content (AvgIpc) is 2.32. The molecular formula is C7H10N4. The summed E-state index contributed by atoms with van der Waals surface area (Å²) < 4.78 is 0. The summed E-state index contributed by atoms with van der Waals surface area (Å²) in [5, 5.41) is 5.95. The molecule has 0 spiro atoms. The predicted molar refractivity (Wildman–Crippen MR) is 43.1 cm³/mol. The van der Waals surface area contributed by atoms with E-state index in [1.807, 2.05) is 26.0 Å². The van der Waals surface area contributed by atoms with Crippen LogP contribution < -0.4 is 11.0 Å². The fourth-order valence-electron chi connectivity index (χ4n) is 1.08. The van der Waals surface area contributed by atoms with Crippen LogP contribution in [0.5, 0.6) is 0 Å². The molecule has 0 bridgehead atoms. The van der Waals surface area contributed by atoms with Crippen molar-refractivity contribution in [2.45, 2.75) is 13.8 Å². The van der Waals surface area contributed by atoms with Crippen molar-refractivity contribution in [3.8, 4) is 0 Å². The molecule has 0 saturated carbocycles. The average molecular weight is 150 g/mol. The summed E-state index contributed by atoms with van der Waals surface area (Å²) in [5.74, 6) is 0. The van der Waals surface area contributed by atoms with E-state index in [0.717, 1.165) is 17.1 Å². The Balaban J connectivity index is 2.37. The maximum absolute atomic E-state index is 4.23. The molecule has 0 atom stereocenters. The molecule has 0 radical (unpaired) electrons. The lowest BCUT2D eigenvalue weighted by atomic mass is 10.2. The van der Waals surface area contributed by atoms with Gasteiger partial charge in [0.2, 0.25) is 0 Å². The summed E-state index contributed by atoms with van der Waals surface area (Å²) in [4.78, 5) is 0. The Morgan fingerprint density at radius 2 is 2.18 bits per heavy atom. The van der Waals surface area contributed by atoms with Crippen LogP contribution in [0.25, 0.3) is 0 Å². The molecule has 4 heteroatoms. The van der Waals surface area contributed by atoms with E-state index in [4.69, 9.17) is 0 Å². The Labute approximate surface area is 65.2 Å². The summed E-state index contributed by atoms with van der Waals surface area (Å²) in [6, 6.07) is 0. The third-order valence-electron chi connectivity index (χ3n) is 1.70. The first kappa shape index (κ1) is 6.42. The Morgan fingerprint density at radius 1 is 1.36 bits per heavy atom. The van der Waals surface area contributed by atoms with Crippen LogP contribution in [-0.2, 0) is 0 Å². The van der Waals surface area contributed by atoms with Crippen molar-refractivity contribution in [2.24, 2.45) is 5.10 Å². The molecule has 0 amide bonds. The van der Waals surface area contributed by atoms with E-state index in [0.29, 0.717) is 0 Å². The predicted octanol–water partition coefficient (Wildman–Crippen LogP) is 0.488. The number of nitrogens with one attached hydrogen (secondary N) is 2. The topological polar surface area (TPSA) is 39.7 Å². The lowest BCUT2D eigenvalue weighted by Crippen LogP contribution is -2.35. The highest BCUT2D eigenvalue weighted by atomic mass is 15.8. The summed E-state index contributed by atoms with van der Waals surface area (Å²) in [7, 11) is 0. The quantitative estimate of drug-likeness (QED) is 0.528. The molecule has 2 heterocycles. The van der Waals surface area contributed by atoms with Crippen LogP contribution in [-0.4, -0.2) is 10.8 Å². The Morgan fingerprint density at radius 3 is 3.00 bits per heavy atom. The lowest BCUT2D eigenvalue weighted by molar-refractivity contribution is 0.268. The van der Waals surface area contributed by atoms with Gasteiger partial charge in [-0.2, -0.15) is 10.2 Å². The zero-order chi connectivity index (χ0) is 7.84. The van der Waals surface area contributed by atoms with Crippen molar-refractivity contribution in [1.82, 2.24) is 16.1 Å². The molecule has 2 N–H and O–H groups in total. The van der Waals surface area contributed by atoms with Gasteiger partial charge in [-0.3, -0.25) is 0 Å². The molecule has 0 aromatic heterocycles. The molecule has 0 aromatic carbocycles. The third-order valence-corrected chi connectivity index (χ3v) is 1.70. The van der Waals surface area contributed by atoms with Gasteiger partial charge >= 0.3 is 0 Å². The summed E-state index contributed by atoms with van der Waals surface area (Å²) in [6.07, 6.45) is 4.02. The molecule has 2 aliphatic heterocycles. The van der Waals surface area contributed by atoms with Gasteiger partial charge in [0.15, 0.2) is 0 Å². The smallest absolute Gasteiger partial charge is 0.0999 e. The largest absolute Gasteiger partial charge is 0.304 e. The zero-order valence-corrected chi connectivity index (χ0v) is 6.55. The van der Waals surface area contributed by atoms with Gasteiger partial charge in [0.25, 0.3) is 0 Å². The summed E-state index contributed by atoms with van der Waals surface area (Å²) in [5.41, 5.74) is 9.06. The van der Waals surface area contributed by atoms with Gasteiger partial charge in [-0.05, 0) is 26.0 Å². The molecule has 2 aliphatic rings. The number of hydrogen-bond donors (Lipinski definition) is 2. The third kappa shape index (κ3) is 0.914. The van der Waals surface area contributed by atoms with Crippen molar-refractivity contribution in [2.75, 3.05) is 0 Å². The van der Waals surface area contributed by atoms with Gasteiger partial charge in [-0.1, -0.05) is 0 Å². The molecule has 0 aliphatic carbocycles. The molecule has 0 fully saturated rings. The Kier molecular flexibility index (Phi) is 1.22. The first-order valence-corrected chi connectivity index (χ1v) is 3.53. The first-order chi connectivity index (χ1) is 5.27. The van der Waals surface area contributed by atoms with E-state index < -0.39 is 0 Å². The number of nitrogens with zero attached hydrogens (tertiary/aromatic N) is 2. The van der Waals surface area contributed by atoms with E-state index in [2.05, 4.69) is 16.1 Å². The maximum atomic E-state index is 4.23. The highest BCUT2D eigenvalue weighted by molar-refractivity contribution is 5.93. The van der Waals surface area contributed by atoms with Gasteiger partial charge in [-0.25, -0.2) is 0 Å². The molecule has 58 valence electrons. The molecular weight excluding hydrogens is 140 g/mol. The second-order valence-electron chi connectivity index (χ2n) is 2.63. The van der Waals surface area contributed by atoms with E-state index in [1.54, 1.807) is 5.12 Å². The van der Waals surface area contributed by atoms with E-state index in [-0.39, 0.29) is 0 Å².